The third-order valence-electron chi connectivity index (χ3n) is 5.86. The first-order chi connectivity index (χ1) is 16.5. The molecule has 0 amide bonds. The number of morpholine rings is 1. The highest BCUT2D eigenvalue weighted by Gasteiger charge is 2.27. The zero-order chi connectivity index (χ0) is 23.7. The Balaban J connectivity index is 1.49. The summed E-state index contributed by atoms with van der Waals surface area (Å²) in [6, 6.07) is 15.8. The number of aryl methyl sites for hydroxylation is 1. The Labute approximate surface area is 197 Å². The maximum absolute atomic E-state index is 13.3. The van der Waals surface area contributed by atoms with E-state index < -0.39 is 10.0 Å². The van der Waals surface area contributed by atoms with Gasteiger partial charge in [-0.25, -0.2) is 8.42 Å². The number of para-hydroxylation sites is 1. The van der Waals surface area contributed by atoms with Crippen molar-refractivity contribution in [1.82, 2.24) is 19.1 Å². The lowest BCUT2D eigenvalue weighted by Gasteiger charge is -2.26. The lowest BCUT2D eigenvalue weighted by molar-refractivity contribution is 0.0730. The Morgan fingerprint density at radius 1 is 1.03 bits per heavy atom. The quantitative estimate of drug-likeness (QED) is 0.374. The molecule has 0 N–H and O–H groups in total. The van der Waals surface area contributed by atoms with E-state index in [-0.39, 0.29) is 17.2 Å². The number of hydrogen-bond acceptors (Lipinski definition) is 7. The summed E-state index contributed by atoms with van der Waals surface area (Å²) in [4.78, 5) is 13.4. The van der Waals surface area contributed by atoms with Crippen molar-refractivity contribution >= 4 is 26.7 Å². The molecule has 10 heteroatoms. The van der Waals surface area contributed by atoms with Gasteiger partial charge in [0, 0.05) is 36.0 Å². The Morgan fingerprint density at radius 3 is 2.59 bits per heavy atom. The van der Waals surface area contributed by atoms with Crippen molar-refractivity contribution in [2.45, 2.75) is 24.8 Å². The molecule has 0 radical (unpaired) electrons. The molecule has 0 aliphatic carbocycles. The molecule has 1 aliphatic heterocycles. The van der Waals surface area contributed by atoms with Gasteiger partial charge in [-0.15, -0.1) is 10.2 Å². The molecule has 176 valence electrons. The van der Waals surface area contributed by atoms with Gasteiger partial charge in [-0.05, 0) is 24.3 Å². The van der Waals surface area contributed by atoms with Gasteiger partial charge in [0.1, 0.15) is 5.69 Å². The summed E-state index contributed by atoms with van der Waals surface area (Å²) >= 11 is 0. The highest BCUT2D eigenvalue weighted by atomic mass is 32.2. The highest BCUT2D eigenvalue weighted by molar-refractivity contribution is 7.89. The summed E-state index contributed by atoms with van der Waals surface area (Å²) in [5.41, 5.74) is 1.80. The van der Waals surface area contributed by atoms with Crippen LogP contribution in [0.3, 0.4) is 0 Å². The normalized spacial score (nSPS) is 15.1. The van der Waals surface area contributed by atoms with Gasteiger partial charge >= 0.3 is 0 Å². The van der Waals surface area contributed by atoms with Gasteiger partial charge in [0.15, 0.2) is 5.78 Å². The number of hydrogen-bond donors (Lipinski definition) is 0. The summed E-state index contributed by atoms with van der Waals surface area (Å²) in [5, 5.41) is 9.13. The van der Waals surface area contributed by atoms with Crippen molar-refractivity contribution < 1.29 is 22.4 Å². The first-order valence-corrected chi connectivity index (χ1v) is 12.5. The number of ether oxygens (including phenoxy) is 1. The van der Waals surface area contributed by atoms with E-state index in [0.29, 0.717) is 55.8 Å². The number of aromatic nitrogens is 3. The fourth-order valence-corrected chi connectivity index (χ4v) is 5.51. The van der Waals surface area contributed by atoms with Crippen LogP contribution in [0.25, 0.3) is 22.5 Å². The number of fused-ring (bicyclic) bond motifs is 1. The average molecular weight is 481 g/mol. The smallest absolute Gasteiger partial charge is 0.264 e. The minimum Gasteiger partial charge on any atom is -0.419 e. The first-order valence-electron chi connectivity index (χ1n) is 11.1. The van der Waals surface area contributed by atoms with Crippen molar-refractivity contribution in [3.05, 3.63) is 66.1 Å². The number of ketones is 1. The first kappa shape index (κ1) is 22.5. The van der Waals surface area contributed by atoms with Crippen LogP contribution in [0, 0.1) is 0 Å². The van der Waals surface area contributed by atoms with E-state index in [2.05, 4.69) is 10.2 Å². The minimum absolute atomic E-state index is 0.00621. The van der Waals surface area contributed by atoms with Crippen molar-refractivity contribution in [2.24, 2.45) is 0 Å². The van der Waals surface area contributed by atoms with Gasteiger partial charge in [0.2, 0.25) is 15.9 Å². The predicted molar refractivity (Wildman–Crippen MR) is 125 cm³/mol. The zero-order valence-corrected chi connectivity index (χ0v) is 19.5. The fourth-order valence-electron chi connectivity index (χ4n) is 4.06. The summed E-state index contributed by atoms with van der Waals surface area (Å²) in [6.07, 6.45) is 0.608. The van der Waals surface area contributed by atoms with Crippen LogP contribution >= 0.6 is 0 Å². The number of Topliss-reactive ketones (excluding diaryl/α,β-unsaturated/α-hetero) is 1. The lowest BCUT2D eigenvalue weighted by atomic mass is 10.1. The second kappa shape index (κ2) is 9.13. The van der Waals surface area contributed by atoms with Gasteiger partial charge < -0.3 is 13.7 Å². The van der Waals surface area contributed by atoms with Gasteiger partial charge in [0.05, 0.1) is 24.7 Å². The summed E-state index contributed by atoms with van der Waals surface area (Å²) in [5.74, 6) is 0.625. The standard InChI is InChI=1S/C24H24N4O5S/c1-2-23-25-26-24(33-23)21-15-17-6-3-4-9-20(17)28(21)16-22(29)18-7-5-8-19(14-18)34(30,31)27-10-12-32-13-11-27/h3-9,14-15H,2,10-13,16H2,1H3. The molecular formula is C24H24N4O5S. The fraction of sp³-hybridized carbons (Fsp3) is 0.292. The summed E-state index contributed by atoms with van der Waals surface area (Å²) in [6.45, 7) is 3.22. The maximum Gasteiger partial charge on any atom is 0.264 e. The molecule has 0 spiro atoms. The zero-order valence-electron chi connectivity index (χ0n) is 18.7. The van der Waals surface area contributed by atoms with E-state index >= 15 is 0 Å². The van der Waals surface area contributed by atoms with E-state index in [4.69, 9.17) is 9.15 Å². The van der Waals surface area contributed by atoms with Crippen LogP contribution in [0.5, 0.6) is 0 Å². The molecule has 2 aromatic carbocycles. The minimum atomic E-state index is -3.71. The SMILES string of the molecule is CCc1nnc(-c2cc3ccccc3n2CC(=O)c2cccc(S(=O)(=O)N3CCOCC3)c2)o1. The molecular weight excluding hydrogens is 456 g/mol. The Hall–Kier alpha value is -3.34. The molecule has 0 atom stereocenters. The van der Waals surface area contributed by atoms with Crippen molar-refractivity contribution in [1.29, 1.82) is 0 Å². The maximum atomic E-state index is 13.3. The molecule has 0 saturated carbocycles. The van der Waals surface area contributed by atoms with E-state index in [9.17, 15) is 13.2 Å². The molecule has 1 aliphatic rings. The van der Waals surface area contributed by atoms with Crippen molar-refractivity contribution in [3.63, 3.8) is 0 Å². The molecule has 1 fully saturated rings. The molecule has 4 aromatic rings. The molecule has 3 heterocycles. The van der Waals surface area contributed by atoms with Crippen LogP contribution in [0.4, 0.5) is 0 Å². The monoisotopic (exact) mass is 480 g/mol. The Bertz CT molecular complexity index is 1450. The molecule has 2 aromatic heterocycles. The average Bonchev–Trinajstić information content (AvgIpc) is 3.49. The van der Waals surface area contributed by atoms with Gasteiger partial charge in [-0.2, -0.15) is 4.31 Å². The molecule has 0 bridgehead atoms. The molecule has 34 heavy (non-hydrogen) atoms. The number of rotatable bonds is 7. The lowest BCUT2D eigenvalue weighted by Crippen LogP contribution is -2.40. The van der Waals surface area contributed by atoms with Crippen LogP contribution < -0.4 is 0 Å². The predicted octanol–water partition coefficient (Wildman–Crippen LogP) is 3.16. The third-order valence-corrected chi connectivity index (χ3v) is 7.76. The van der Waals surface area contributed by atoms with Crippen molar-refractivity contribution in [2.75, 3.05) is 26.3 Å². The van der Waals surface area contributed by atoms with Crippen LogP contribution in [0.1, 0.15) is 23.2 Å². The Morgan fingerprint density at radius 2 is 1.82 bits per heavy atom. The topological polar surface area (TPSA) is 108 Å². The highest BCUT2D eigenvalue weighted by Crippen LogP contribution is 2.28. The van der Waals surface area contributed by atoms with Crippen LogP contribution in [0.15, 0.2) is 63.9 Å². The van der Waals surface area contributed by atoms with Crippen LogP contribution in [0.2, 0.25) is 0 Å². The number of sulfonamides is 1. The summed E-state index contributed by atoms with van der Waals surface area (Å²) in [7, 11) is -3.71. The molecule has 0 unspecified atom stereocenters. The molecule has 9 nitrogen and oxygen atoms in total. The van der Waals surface area contributed by atoms with E-state index in [1.54, 1.807) is 12.1 Å². The van der Waals surface area contributed by atoms with Crippen LogP contribution in [-0.2, 0) is 27.7 Å². The van der Waals surface area contributed by atoms with Gasteiger partial charge in [-0.1, -0.05) is 37.3 Å². The number of carbonyl (C=O) groups is 1. The van der Waals surface area contributed by atoms with E-state index in [1.165, 1.54) is 16.4 Å². The summed E-state index contributed by atoms with van der Waals surface area (Å²) < 4.78 is 40.3. The Kier molecular flexibility index (Phi) is 6.03. The molecule has 5 rings (SSSR count). The molecule has 1 saturated heterocycles. The number of carbonyl (C=O) groups excluding carboxylic acids is 1. The van der Waals surface area contributed by atoms with Gasteiger partial charge in [0.25, 0.3) is 5.89 Å². The second-order valence-corrected chi connectivity index (χ2v) is 9.93. The second-order valence-electron chi connectivity index (χ2n) is 8.00. The van der Waals surface area contributed by atoms with Crippen LogP contribution in [-0.4, -0.2) is 59.6 Å². The van der Waals surface area contributed by atoms with E-state index in [1.807, 2.05) is 41.8 Å². The third kappa shape index (κ3) is 4.15. The van der Waals surface area contributed by atoms with E-state index in [0.717, 1.165) is 10.9 Å². The largest absolute Gasteiger partial charge is 0.419 e. The van der Waals surface area contributed by atoms with Gasteiger partial charge in [-0.3, -0.25) is 4.79 Å². The van der Waals surface area contributed by atoms with Crippen molar-refractivity contribution in [3.8, 4) is 11.6 Å². The number of benzene rings is 2. The number of nitrogens with zero attached hydrogens (tertiary/aromatic N) is 4.